The van der Waals surface area contributed by atoms with Crippen molar-refractivity contribution in [2.45, 2.75) is 6.04 Å². The average molecular weight is 272 g/mol. The van der Waals surface area contributed by atoms with Crippen LogP contribution < -0.4 is 5.73 Å². The minimum Gasteiger partial charge on any atom is -0.481 e. The Bertz CT molecular complexity index is 406. The number of ether oxygens (including phenoxy) is 1. The number of nitrogens with two attached hydrogens (primary N) is 1. The summed E-state index contributed by atoms with van der Waals surface area (Å²) in [6.45, 7) is 1.62. The molecule has 8 nitrogen and oxygen atoms in total. The van der Waals surface area contributed by atoms with Crippen LogP contribution in [-0.4, -0.2) is 65.3 Å². The van der Waals surface area contributed by atoms with Crippen molar-refractivity contribution in [2.24, 2.45) is 23.5 Å². The summed E-state index contributed by atoms with van der Waals surface area (Å²) >= 11 is 0. The Labute approximate surface area is 109 Å². The molecule has 1 heterocycles. The first-order valence-corrected chi connectivity index (χ1v) is 6.03. The molecule has 0 spiro atoms. The number of nitrogens with zero attached hydrogens (tertiary/aromatic N) is 1. The van der Waals surface area contributed by atoms with Gasteiger partial charge in [0.25, 0.3) is 0 Å². The molecule has 1 aliphatic carbocycles. The Kier molecular flexibility index (Phi) is 3.72. The molecular formula is C11H16N2O6. The Morgan fingerprint density at radius 3 is 2.21 bits per heavy atom. The van der Waals surface area contributed by atoms with E-state index in [9.17, 15) is 14.4 Å². The highest BCUT2D eigenvalue weighted by atomic mass is 16.5. The van der Waals surface area contributed by atoms with Crippen LogP contribution in [-0.2, 0) is 19.1 Å². The lowest BCUT2D eigenvalue weighted by atomic mass is 10.1. The first-order chi connectivity index (χ1) is 8.95. The van der Waals surface area contributed by atoms with Crippen LogP contribution in [0.25, 0.3) is 0 Å². The van der Waals surface area contributed by atoms with E-state index >= 15 is 0 Å². The molecule has 1 aliphatic heterocycles. The van der Waals surface area contributed by atoms with Crippen LogP contribution >= 0.6 is 0 Å². The Balaban J connectivity index is 2.07. The summed E-state index contributed by atoms with van der Waals surface area (Å²) in [4.78, 5) is 35.6. The van der Waals surface area contributed by atoms with Gasteiger partial charge in [-0.1, -0.05) is 0 Å². The van der Waals surface area contributed by atoms with Gasteiger partial charge in [-0.15, -0.1) is 0 Å². The van der Waals surface area contributed by atoms with Crippen molar-refractivity contribution in [1.82, 2.24) is 4.90 Å². The second-order valence-electron chi connectivity index (χ2n) is 4.77. The van der Waals surface area contributed by atoms with Crippen molar-refractivity contribution in [2.75, 3.05) is 26.3 Å². The van der Waals surface area contributed by atoms with E-state index in [0.29, 0.717) is 26.3 Å². The first-order valence-electron chi connectivity index (χ1n) is 6.03. The summed E-state index contributed by atoms with van der Waals surface area (Å²) in [5, 5.41) is 17.9. The van der Waals surface area contributed by atoms with Gasteiger partial charge >= 0.3 is 11.9 Å². The molecule has 4 atom stereocenters. The number of carbonyl (C=O) groups is 3. The van der Waals surface area contributed by atoms with Crippen LogP contribution in [0.1, 0.15) is 0 Å². The molecule has 2 fully saturated rings. The van der Waals surface area contributed by atoms with Crippen LogP contribution in [0.5, 0.6) is 0 Å². The molecule has 0 bridgehead atoms. The van der Waals surface area contributed by atoms with Crippen LogP contribution in [0, 0.1) is 17.8 Å². The van der Waals surface area contributed by atoms with Crippen molar-refractivity contribution in [3.8, 4) is 0 Å². The number of carbonyl (C=O) groups excluding carboxylic acids is 1. The molecule has 1 amide bonds. The maximum atomic E-state index is 12.2. The second-order valence-corrected chi connectivity index (χ2v) is 4.77. The standard InChI is InChI=1S/C11H16N2O6/c12-8(11(17)18)5-6(7(5)10(15)16)9(14)13-1-3-19-4-2-13/h5-8H,1-4,12H2,(H,15,16)(H,17,18)/t5-,6+,7+,8-/m0/s1. The zero-order valence-electron chi connectivity index (χ0n) is 10.2. The van der Waals surface area contributed by atoms with Gasteiger partial charge in [-0.3, -0.25) is 14.4 Å². The smallest absolute Gasteiger partial charge is 0.320 e. The van der Waals surface area contributed by atoms with Crippen LogP contribution in [0.15, 0.2) is 0 Å². The van der Waals surface area contributed by atoms with Gasteiger partial charge in [-0.05, 0) is 0 Å². The van der Waals surface area contributed by atoms with Gasteiger partial charge < -0.3 is 25.6 Å². The number of carboxylic acids is 2. The van der Waals surface area contributed by atoms with E-state index in [1.54, 1.807) is 0 Å². The largest absolute Gasteiger partial charge is 0.481 e. The number of hydrogen-bond acceptors (Lipinski definition) is 5. The summed E-state index contributed by atoms with van der Waals surface area (Å²) in [6.07, 6.45) is 0. The summed E-state index contributed by atoms with van der Waals surface area (Å²) in [5.74, 6) is -5.45. The molecule has 0 unspecified atom stereocenters. The molecule has 4 N–H and O–H groups in total. The highest BCUT2D eigenvalue weighted by Gasteiger charge is 2.63. The molecule has 0 aromatic heterocycles. The fourth-order valence-corrected chi connectivity index (χ4v) is 2.58. The second kappa shape index (κ2) is 5.14. The van der Waals surface area contributed by atoms with E-state index < -0.39 is 35.7 Å². The van der Waals surface area contributed by atoms with Crippen LogP contribution in [0.2, 0.25) is 0 Å². The monoisotopic (exact) mass is 272 g/mol. The molecule has 2 rings (SSSR count). The van der Waals surface area contributed by atoms with Gasteiger partial charge in [0.05, 0.1) is 25.0 Å². The van der Waals surface area contributed by atoms with E-state index in [-0.39, 0.29) is 5.91 Å². The maximum Gasteiger partial charge on any atom is 0.320 e. The third kappa shape index (κ3) is 2.54. The molecule has 0 aromatic rings. The normalized spacial score (nSPS) is 31.6. The minimum atomic E-state index is -1.32. The van der Waals surface area contributed by atoms with Gasteiger partial charge in [0.2, 0.25) is 5.91 Å². The highest BCUT2D eigenvalue weighted by Crippen LogP contribution is 2.49. The lowest BCUT2D eigenvalue weighted by Gasteiger charge is -2.27. The molecule has 8 heteroatoms. The van der Waals surface area contributed by atoms with Crippen molar-refractivity contribution in [3.05, 3.63) is 0 Å². The molecule has 0 aromatic carbocycles. The lowest BCUT2D eigenvalue weighted by molar-refractivity contribution is -0.143. The predicted octanol–water partition coefficient (Wildman–Crippen LogP) is -1.80. The van der Waals surface area contributed by atoms with E-state index in [4.69, 9.17) is 20.7 Å². The van der Waals surface area contributed by atoms with Crippen molar-refractivity contribution in [1.29, 1.82) is 0 Å². The fourth-order valence-electron chi connectivity index (χ4n) is 2.58. The number of morpholine rings is 1. The molecule has 0 radical (unpaired) electrons. The summed E-state index contributed by atoms with van der Waals surface area (Å²) in [5.41, 5.74) is 5.45. The fraction of sp³-hybridized carbons (Fsp3) is 0.727. The molecule has 2 aliphatic rings. The Morgan fingerprint density at radius 2 is 1.74 bits per heavy atom. The average Bonchev–Trinajstić information content (AvgIpc) is 3.13. The Morgan fingerprint density at radius 1 is 1.16 bits per heavy atom. The third-order valence-corrected chi connectivity index (χ3v) is 3.67. The number of hydrogen-bond donors (Lipinski definition) is 3. The topological polar surface area (TPSA) is 130 Å². The van der Waals surface area contributed by atoms with Gasteiger partial charge in [0.1, 0.15) is 6.04 Å². The first kappa shape index (κ1) is 13.8. The van der Waals surface area contributed by atoms with Crippen molar-refractivity contribution in [3.63, 3.8) is 0 Å². The highest BCUT2D eigenvalue weighted by molar-refractivity contribution is 5.92. The van der Waals surface area contributed by atoms with E-state index in [1.807, 2.05) is 0 Å². The van der Waals surface area contributed by atoms with Gasteiger partial charge in [0.15, 0.2) is 0 Å². The lowest BCUT2D eigenvalue weighted by Crippen LogP contribution is -2.43. The van der Waals surface area contributed by atoms with Crippen LogP contribution in [0.3, 0.4) is 0 Å². The van der Waals surface area contributed by atoms with Crippen molar-refractivity contribution < 1.29 is 29.3 Å². The molecule has 106 valence electrons. The quantitative estimate of drug-likeness (QED) is 0.550. The summed E-state index contributed by atoms with van der Waals surface area (Å²) < 4.78 is 5.11. The van der Waals surface area contributed by atoms with Gasteiger partial charge in [-0.25, -0.2) is 0 Å². The van der Waals surface area contributed by atoms with Gasteiger partial charge in [0, 0.05) is 19.0 Å². The molecule has 19 heavy (non-hydrogen) atoms. The number of carboxylic acid groups (broad SMARTS) is 2. The summed E-state index contributed by atoms with van der Waals surface area (Å²) in [6, 6.07) is -1.32. The van der Waals surface area contributed by atoms with E-state index in [0.717, 1.165) is 0 Å². The van der Waals surface area contributed by atoms with Gasteiger partial charge in [-0.2, -0.15) is 0 Å². The zero-order valence-corrected chi connectivity index (χ0v) is 10.2. The number of amides is 1. The predicted molar refractivity (Wildman–Crippen MR) is 61.1 cm³/mol. The molecule has 1 saturated heterocycles. The number of rotatable bonds is 4. The van der Waals surface area contributed by atoms with E-state index in [1.165, 1.54) is 4.90 Å². The molecule has 1 saturated carbocycles. The number of aliphatic carboxylic acids is 2. The Hall–Kier alpha value is -1.67. The summed E-state index contributed by atoms with van der Waals surface area (Å²) in [7, 11) is 0. The van der Waals surface area contributed by atoms with Crippen LogP contribution in [0.4, 0.5) is 0 Å². The van der Waals surface area contributed by atoms with Crippen molar-refractivity contribution >= 4 is 17.8 Å². The molecular weight excluding hydrogens is 256 g/mol. The maximum absolute atomic E-state index is 12.2. The third-order valence-electron chi connectivity index (χ3n) is 3.67. The zero-order chi connectivity index (χ0) is 14.2. The minimum absolute atomic E-state index is 0.336. The SMILES string of the molecule is N[C@H](C(=O)O)[C@@H]1[C@@H](C(=O)O)[C@@H]1C(=O)N1CCOCC1. The van der Waals surface area contributed by atoms with E-state index in [2.05, 4.69) is 0 Å².